The lowest BCUT2D eigenvalue weighted by atomic mass is 10.1. The minimum Gasteiger partial charge on any atom is -0.337 e. The average Bonchev–Trinajstić information content (AvgIpc) is 2.60. The Kier molecular flexibility index (Phi) is 3.59. The number of Topliss-reactive ketones (excluding diaryl/α,β-unsaturated/α-hetero) is 1. The summed E-state index contributed by atoms with van der Waals surface area (Å²) in [6.45, 7) is 5.50. The molecule has 2 saturated heterocycles. The Morgan fingerprint density at radius 1 is 1.44 bits per heavy atom. The van der Waals surface area contributed by atoms with E-state index in [1.807, 2.05) is 4.90 Å². The number of rotatable bonds is 4. The van der Waals surface area contributed by atoms with Crippen molar-refractivity contribution in [2.24, 2.45) is 0 Å². The van der Waals surface area contributed by atoms with Crippen molar-refractivity contribution in [3.63, 3.8) is 0 Å². The fourth-order valence-electron chi connectivity index (χ4n) is 2.68. The first-order chi connectivity index (χ1) is 7.66. The molecule has 2 aliphatic heterocycles. The van der Waals surface area contributed by atoms with E-state index in [-0.39, 0.29) is 5.78 Å². The minimum absolute atomic E-state index is 0.273. The maximum Gasteiger partial charge on any atom is 0.222 e. The van der Waals surface area contributed by atoms with Crippen molar-refractivity contribution in [3.8, 4) is 0 Å². The molecule has 0 radical (unpaired) electrons. The van der Waals surface area contributed by atoms with Crippen LogP contribution in [0.15, 0.2) is 0 Å². The second kappa shape index (κ2) is 4.95. The van der Waals surface area contributed by atoms with E-state index in [4.69, 9.17) is 0 Å². The average molecular weight is 224 g/mol. The summed E-state index contributed by atoms with van der Waals surface area (Å²) in [6.07, 6.45) is 3.38. The molecule has 0 N–H and O–H groups in total. The third kappa shape index (κ3) is 2.61. The van der Waals surface area contributed by atoms with Gasteiger partial charge in [0.1, 0.15) is 5.78 Å². The van der Waals surface area contributed by atoms with E-state index >= 15 is 0 Å². The number of carbonyl (C=O) groups excluding carboxylic acids is 2. The molecule has 0 saturated carbocycles. The Balaban J connectivity index is 1.74. The smallest absolute Gasteiger partial charge is 0.222 e. The van der Waals surface area contributed by atoms with Gasteiger partial charge in [-0.1, -0.05) is 0 Å². The summed E-state index contributed by atoms with van der Waals surface area (Å²) >= 11 is 0. The van der Waals surface area contributed by atoms with Gasteiger partial charge in [0.25, 0.3) is 0 Å². The molecule has 2 fully saturated rings. The highest BCUT2D eigenvalue weighted by Gasteiger charge is 2.34. The summed E-state index contributed by atoms with van der Waals surface area (Å²) in [5, 5.41) is 0. The van der Waals surface area contributed by atoms with Crippen molar-refractivity contribution in [1.29, 1.82) is 0 Å². The molecule has 1 atom stereocenters. The van der Waals surface area contributed by atoms with E-state index in [1.165, 1.54) is 0 Å². The molecule has 16 heavy (non-hydrogen) atoms. The van der Waals surface area contributed by atoms with Crippen LogP contribution in [0.25, 0.3) is 0 Å². The van der Waals surface area contributed by atoms with Crippen LogP contribution < -0.4 is 0 Å². The van der Waals surface area contributed by atoms with Gasteiger partial charge in [-0.15, -0.1) is 0 Å². The van der Waals surface area contributed by atoms with Gasteiger partial charge in [0, 0.05) is 38.5 Å². The summed E-state index contributed by atoms with van der Waals surface area (Å²) in [5.74, 6) is 0.600. The molecule has 1 amide bonds. The molecule has 0 bridgehead atoms. The van der Waals surface area contributed by atoms with Crippen LogP contribution in [0.5, 0.6) is 0 Å². The van der Waals surface area contributed by atoms with Crippen LogP contribution in [0.4, 0.5) is 0 Å². The van der Waals surface area contributed by atoms with Crippen molar-refractivity contribution in [2.75, 3.05) is 26.2 Å². The largest absolute Gasteiger partial charge is 0.337 e. The van der Waals surface area contributed by atoms with Gasteiger partial charge in [0.2, 0.25) is 5.91 Å². The molecule has 2 rings (SSSR count). The lowest BCUT2D eigenvalue weighted by Gasteiger charge is -2.37. The molecule has 2 heterocycles. The van der Waals surface area contributed by atoms with Crippen LogP contribution in [-0.4, -0.2) is 53.7 Å². The quantitative estimate of drug-likeness (QED) is 0.704. The van der Waals surface area contributed by atoms with E-state index in [0.717, 1.165) is 45.4 Å². The fraction of sp³-hybridized carbons (Fsp3) is 0.833. The highest BCUT2D eigenvalue weighted by atomic mass is 16.2. The Morgan fingerprint density at radius 3 is 3.00 bits per heavy atom. The molecule has 0 aromatic carbocycles. The number of nitrogens with zero attached hydrogens (tertiary/aromatic N) is 2. The number of hydrogen-bond acceptors (Lipinski definition) is 3. The zero-order chi connectivity index (χ0) is 11.5. The first-order valence-electron chi connectivity index (χ1n) is 6.18. The Hall–Kier alpha value is -0.900. The molecule has 4 nitrogen and oxygen atoms in total. The molecule has 4 heteroatoms. The van der Waals surface area contributed by atoms with Gasteiger partial charge in [-0.3, -0.25) is 9.69 Å². The summed E-state index contributed by atoms with van der Waals surface area (Å²) in [5.41, 5.74) is 0. The zero-order valence-corrected chi connectivity index (χ0v) is 9.95. The van der Waals surface area contributed by atoms with E-state index in [2.05, 4.69) is 4.90 Å². The number of amides is 1. The monoisotopic (exact) mass is 224 g/mol. The lowest BCUT2D eigenvalue weighted by molar-refractivity contribution is -0.130. The summed E-state index contributed by atoms with van der Waals surface area (Å²) in [7, 11) is 0. The van der Waals surface area contributed by atoms with Crippen LogP contribution in [-0.2, 0) is 9.59 Å². The number of fused-ring (bicyclic) bond motifs is 1. The van der Waals surface area contributed by atoms with E-state index in [0.29, 0.717) is 18.4 Å². The SMILES string of the molecule is CC(=O)CCCN1CCN2C(=O)CCC2C1. The Bertz CT molecular complexity index is 291. The molecular formula is C12H20N2O2. The topological polar surface area (TPSA) is 40.6 Å². The lowest BCUT2D eigenvalue weighted by Crippen LogP contribution is -2.51. The van der Waals surface area contributed by atoms with Gasteiger partial charge >= 0.3 is 0 Å². The van der Waals surface area contributed by atoms with Crippen LogP contribution in [0.3, 0.4) is 0 Å². The van der Waals surface area contributed by atoms with Crippen molar-refractivity contribution in [1.82, 2.24) is 9.80 Å². The van der Waals surface area contributed by atoms with E-state index in [1.54, 1.807) is 6.92 Å². The third-order valence-electron chi connectivity index (χ3n) is 3.58. The first kappa shape index (κ1) is 11.6. The van der Waals surface area contributed by atoms with Gasteiger partial charge in [0.15, 0.2) is 0 Å². The highest BCUT2D eigenvalue weighted by molar-refractivity contribution is 5.79. The maximum absolute atomic E-state index is 11.5. The predicted octanol–water partition coefficient (Wildman–Crippen LogP) is 0.662. The van der Waals surface area contributed by atoms with Gasteiger partial charge in [0.05, 0.1) is 0 Å². The van der Waals surface area contributed by atoms with Gasteiger partial charge in [-0.2, -0.15) is 0 Å². The second-order valence-electron chi connectivity index (χ2n) is 4.89. The molecule has 0 aromatic heterocycles. The third-order valence-corrected chi connectivity index (χ3v) is 3.58. The molecule has 2 aliphatic rings. The molecule has 0 aromatic rings. The van der Waals surface area contributed by atoms with Crippen molar-refractivity contribution < 1.29 is 9.59 Å². The number of ketones is 1. The van der Waals surface area contributed by atoms with Crippen LogP contribution in [0, 0.1) is 0 Å². The van der Waals surface area contributed by atoms with Crippen molar-refractivity contribution in [3.05, 3.63) is 0 Å². The Labute approximate surface area is 96.6 Å². The zero-order valence-electron chi connectivity index (χ0n) is 9.95. The van der Waals surface area contributed by atoms with Crippen LogP contribution in [0.1, 0.15) is 32.6 Å². The second-order valence-corrected chi connectivity index (χ2v) is 4.89. The van der Waals surface area contributed by atoms with Crippen molar-refractivity contribution >= 4 is 11.7 Å². The standard InChI is InChI=1S/C12H20N2O2/c1-10(15)3-2-6-13-7-8-14-11(9-13)4-5-12(14)16/h11H,2-9H2,1H3. The van der Waals surface area contributed by atoms with Crippen molar-refractivity contribution in [2.45, 2.75) is 38.6 Å². The van der Waals surface area contributed by atoms with Gasteiger partial charge in [-0.05, 0) is 26.3 Å². The molecule has 0 aliphatic carbocycles. The summed E-state index contributed by atoms with van der Waals surface area (Å²) < 4.78 is 0. The molecule has 1 unspecified atom stereocenters. The first-order valence-corrected chi connectivity index (χ1v) is 6.18. The fourth-order valence-corrected chi connectivity index (χ4v) is 2.68. The molecule has 0 spiro atoms. The van der Waals surface area contributed by atoms with E-state index < -0.39 is 0 Å². The maximum atomic E-state index is 11.5. The minimum atomic E-state index is 0.273. The van der Waals surface area contributed by atoms with E-state index in [9.17, 15) is 9.59 Å². The molecule has 90 valence electrons. The highest BCUT2D eigenvalue weighted by Crippen LogP contribution is 2.22. The Morgan fingerprint density at radius 2 is 2.25 bits per heavy atom. The number of hydrogen-bond donors (Lipinski definition) is 0. The van der Waals surface area contributed by atoms with Gasteiger partial charge in [-0.25, -0.2) is 0 Å². The normalized spacial score (nSPS) is 25.9. The number of piperazine rings is 1. The predicted molar refractivity (Wildman–Crippen MR) is 61.1 cm³/mol. The number of carbonyl (C=O) groups is 2. The summed E-state index contributed by atoms with van der Waals surface area (Å²) in [6, 6.07) is 0.443. The molecular weight excluding hydrogens is 204 g/mol. The summed E-state index contributed by atoms with van der Waals surface area (Å²) in [4.78, 5) is 26.7. The van der Waals surface area contributed by atoms with Crippen LogP contribution >= 0.6 is 0 Å². The van der Waals surface area contributed by atoms with Crippen LogP contribution in [0.2, 0.25) is 0 Å². The van der Waals surface area contributed by atoms with Gasteiger partial charge < -0.3 is 9.69 Å².